The zero-order valence-electron chi connectivity index (χ0n) is 15.3. The molecule has 6 nitrogen and oxygen atoms in total. The summed E-state index contributed by atoms with van der Waals surface area (Å²) in [6.45, 7) is 1.89. The molecule has 1 heterocycles. The van der Waals surface area contributed by atoms with Crippen molar-refractivity contribution >= 4 is 44.8 Å². The van der Waals surface area contributed by atoms with Crippen LogP contribution in [0.5, 0.6) is 5.75 Å². The van der Waals surface area contributed by atoms with Crippen LogP contribution in [-0.4, -0.2) is 51.7 Å². The number of ether oxygens (including phenoxy) is 3. The first kappa shape index (κ1) is 20.8. The normalized spacial score (nSPS) is 13.4. The highest BCUT2D eigenvalue weighted by atomic mass is 79.9. The summed E-state index contributed by atoms with van der Waals surface area (Å²) in [5.41, 5.74) is 2.83. The largest absolute Gasteiger partial charge is 0.490 e. The Morgan fingerprint density at radius 2 is 1.93 bits per heavy atom. The number of nitrogens with one attached hydrogen (secondary N) is 1. The molecule has 1 aliphatic heterocycles. The molecule has 1 aliphatic rings. The van der Waals surface area contributed by atoms with E-state index in [1.807, 2.05) is 24.3 Å². The predicted octanol–water partition coefficient (Wildman–Crippen LogP) is 3.93. The van der Waals surface area contributed by atoms with Gasteiger partial charge in [-0.15, -0.1) is 0 Å². The number of nitrogens with zero attached hydrogens (tertiary/aromatic N) is 1. The van der Waals surface area contributed by atoms with Crippen LogP contribution in [0, 0.1) is 0 Å². The Morgan fingerprint density at radius 3 is 2.71 bits per heavy atom. The number of hydrogen-bond acceptors (Lipinski definition) is 5. The van der Waals surface area contributed by atoms with Crippen LogP contribution in [0.4, 0.5) is 5.69 Å². The van der Waals surface area contributed by atoms with Crippen molar-refractivity contribution in [3.63, 3.8) is 0 Å². The number of rotatable bonds is 8. The lowest BCUT2D eigenvalue weighted by Gasteiger charge is -2.15. The van der Waals surface area contributed by atoms with E-state index in [0.717, 1.165) is 15.6 Å². The van der Waals surface area contributed by atoms with Gasteiger partial charge in [0.25, 0.3) is 0 Å². The van der Waals surface area contributed by atoms with Gasteiger partial charge < -0.3 is 19.5 Å². The molecular weight excluding hydrogens is 448 g/mol. The number of fused-ring (bicyclic) bond motifs is 1. The van der Waals surface area contributed by atoms with E-state index in [4.69, 9.17) is 25.8 Å². The fourth-order valence-electron chi connectivity index (χ4n) is 2.73. The smallest absolute Gasteiger partial charge is 0.246 e. The lowest BCUT2D eigenvalue weighted by Crippen LogP contribution is -2.14. The summed E-state index contributed by atoms with van der Waals surface area (Å²) in [6.07, 6.45) is 0. The first-order valence-electron chi connectivity index (χ1n) is 8.72. The third kappa shape index (κ3) is 5.11. The number of methoxy groups -OCH3 is 1. The van der Waals surface area contributed by atoms with Gasteiger partial charge in [0.2, 0.25) is 5.91 Å². The van der Waals surface area contributed by atoms with E-state index in [2.05, 4.69) is 26.2 Å². The van der Waals surface area contributed by atoms with Crippen LogP contribution in [0.2, 0.25) is 5.02 Å². The van der Waals surface area contributed by atoms with Crippen LogP contribution < -0.4 is 10.1 Å². The number of hydrogen-bond donors (Lipinski definition) is 1. The minimum Gasteiger partial charge on any atom is -0.490 e. The van der Waals surface area contributed by atoms with Crippen LogP contribution in [-0.2, 0) is 14.3 Å². The van der Waals surface area contributed by atoms with Crippen LogP contribution in [0.1, 0.15) is 11.1 Å². The van der Waals surface area contributed by atoms with Gasteiger partial charge in [-0.1, -0.05) is 29.8 Å². The number of anilines is 1. The van der Waals surface area contributed by atoms with Crippen LogP contribution in [0.15, 0.2) is 45.9 Å². The summed E-state index contributed by atoms with van der Waals surface area (Å²) in [5, 5.41) is 3.46. The Bertz CT molecular complexity index is 889. The molecular formula is C20H20BrClN2O4. The van der Waals surface area contributed by atoms with Gasteiger partial charge in [-0.05, 0) is 28.1 Å². The summed E-state index contributed by atoms with van der Waals surface area (Å²) in [6, 6.07) is 11.1. The molecule has 0 aliphatic carbocycles. The fourth-order valence-corrected chi connectivity index (χ4v) is 3.41. The van der Waals surface area contributed by atoms with Gasteiger partial charge in [0, 0.05) is 29.3 Å². The molecule has 1 N–H and O–H groups in total. The molecule has 0 radical (unpaired) electrons. The molecule has 3 rings (SSSR count). The number of benzodiazepines with no additional fused rings is 1. The van der Waals surface area contributed by atoms with E-state index in [1.54, 1.807) is 19.2 Å². The Kier molecular flexibility index (Phi) is 7.44. The van der Waals surface area contributed by atoms with E-state index in [1.165, 1.54) is 0 Å². The molecule has 148 valence electrons. The maximum Gasteiger partial charge on any atom is 0.246 e. The number of halogens is 2. The van der Waals surface area contributed by atoms with Crippen LogP contribution in [0.25, 0.3) is 0 Å². The average molecular weight is 468 g/mol. The van der Waals surface area contributed by atoms with Gasteiger partial charge in [0.15, 0.2) is 0 Å². The highest BCUT2D eigenvalue weighted by Gasteiger charge is 2.21. The first-order chi connectivity index (χ1) is 13.6. The van der Waals surface area contributed by atoms with Gasteiger partial charge >= 0.3 is 0 Å². The van der Waals surface area contributed by atoms with Crippen molar-refractivity contribution in [1.82, 2.24) is 0 Å². The van der Waals surface area contributed by atoms with Gasteiger partial charge in [-0.3, -0.25) is 9.79 Å². The molecule has 0 fully saturated rings. The zero-order valence-corrected chi connectivity index (χ0v) is 17.7. The molecule has 0 aromatic heterocycles. The van der Waals surface area contributed by atoms with Crippen molar-refractivity contribution in [2.24, 2.45) is 4.99 Å². The summed E-state index contributed by atoms with van der Waals surface area (Å²) in [4.78, 5) is 16.6. The molecule has 0 unspecified atom stereocenters. The van der Waals surface area contributed by atoms with E-state index < -0.39 is 0 Å². The highest BCUT2D eigenvalue weighted by molar-refractivity contribution is 9.10. The number of carbonyl (C=O) groups is 1. The Labute approximate surface area is 177 Å². The summed E-state index contributed by atoms with van der Waals surface area (Å²) in [7, 11) is 1.63. The fraction of sp³-hybridized carbons (Fsp3) is 0.300. The van der Waals surface area contributed by atoms with Crippen molar-refractivity contribution in [1.29, 1.82) is 0 Å². The molecule has 28 heavy (non-hydrogen) atoms. The molecule has 1 amide bonds. The molecule has 8 heteroatoms. The molecule has 0 spiro atoms. The number of aliphatic imine (C=N–C) groups is 1. The second kappa shape index (κ2) is 10.0. The summed E-state index contributed by atoms with van der Waals surface area (Å²) >= 11 is 9.90. The van der Waals surface area contributed by atoms with Crippen molar-refractivity contribution < 1.29 is 19.0 Å². The minimum absolute atomic E-state index is 0.0242. The van der Waals surface area contributed by atoms with E-state index in [0.29, 0.717) is 48.6 Å². The van der Waals surface area contributed by atoms with E-state index in [9.17, 15) is 4.79 Å². The first-order valence-corrected chi connectivity index (χ1v) is 9.90. The second-order valence-corrected chi connectivity index (χ2v) is 7.24. The maximum absolute atomic E-state index is 12.1. The van der Waals surface area contributed by atoms with Gasteiger partial charge in [0.05, 0.1) is 35.7 Å². The number of amides is 1. The Hall–Kier alpha value is -1.93. The minimum atomic E-state index is -0.195. The molecule has 0 atom stereocenters. The second-order valence-electron chi connectivity index (χ2n) is 5.97. The van der Waals surface area contributed by atoms with Crippen LogP contribution >= 0.6 is 27.5 Å². The van der Waals surface area contributed by atoms with Gasteiger partial charge in [-0.2, -0.15) is 0 Å². The lowest BCUT2D eigenvalue weighted by atomic mass is 10.0. The van der Waals surface area contributed by atoms with Crippen molar-refractivity contribution in [3.05, 3.63) is 57.0 Å². The zero-order chi connectivity index (χ0) is 19.9. The third-order valence-electron chi connectivity index (χ3n) is 4.03. The Morgan fingerprint density at radius 1 is 1.14 bits per heavy atom. The number of benzene rings is 2. The standard InChI is InChI=1S/C20H20BrClN2O4/c1-26-6-7-27-8-9-28-18-11-17-14(10-15(18)21)20(23-12-19(25)24-17)13-4-2-3-5-16(13)22/h2-5,10-11H,6-9,12H2,1H3,(H,24,25). The lowest BCUT2D eigenvalue weighted by molar-refractivity contribution is -0.114. The maximum atomic E-state index is 12.1. The van der Waals surface area contributed by atoms with Crippen molar-refractivity contribution in [3.8, 4) is 5.75 Å². The quantitative estimate of drug-likeness (QED) is 0.597. The van der Waals surface area contributed by atoms with Gasteiger partial charge in [-0.25, -0.2) is 0 Å². The SMILES string of the molecule is COCCOCCOc1cc2c(cc1Br)C(c1ccccc1Cl)=NCC(=O)N2. The third-order valence-corrected chi connectivity index (χ3v) is 4.98. The van der Waals surface area contributed by atoms with E-state index >= 15 is 0 Å². The highest BCUT2D eigenvalue weighted by Crippen LogP contribution is 2.35. The topological polar surface area (TPSA) is 69.1 Å². The molecule has 2 aromatic rings. The van der Waals surface area contributed by atoms with Crippen molar-refractivity contribution in [2.75, 3.05) is 45.4 Å². The van der Waals surface area contributed by atoms with E-state index in [-0.39, 0.29) is 12.5 Å². The van der Waals surface area contributed by atoms with Crippen molar-refractivity contribution in [2.45, 2.75) is 0 Å². The monoisotopic (exact) mass is 466 g/mol. The summed E-state index contributed by atoms with van der Waals surface area (Å²) < 4.78 is 16.9. The summed E-state index contributed by atoms with van der Waals surface area (Å²) in [5.74, 6) is 0.411. The average Bonchev–Trinajstić information content (AvgIpc) is 2.83. The molecule has 0 saturated heterocycles. The Balaban J connectivity index is 1.84. The molecule has 0 bridgehead atoms. The molecule has 2 aromatic carbocycles. The van der Waals surface area contributed by atoms with Crippen LogP contribution in [0.3, 0.4) is 0 Å². The molecule has 0 saturated carbocycles. The van der Waals surface area contributed by atoms with Gasteiger partial charge in [0.1, 0.15) is 18.9 Å². The predicted molar refractivity (Wildman–Crippen MR) is 113 cm³/mol. The number of carbonyl (C=O) groups excluding carboxylic acids is 1.